The third-order valence-corrected chi connectivity index (χ3v) is 5.21. The molecular formula is C20H21N5O3. The maximum Gasteiger partial charge on any atom is 0.407 e. The summed E-state index contributed by atoms with van der Waals surface area (Å²) in [5.74, 6) is -0.215. The molecule has 3 aromatic rings. The van der Waals surface area contributed by atoms with Crippen LogP contribution in [0.2, 0.25) is 0 Å². The smallest absolute Gasteiger partial charge is 0.407 e. The second-order valence-corrected chi connectivity index (χ2v) is 7.13. The number of fused-ring (bicyclic) bond motifs is 1. The number of nitrogens with zero attached hydrogens (tertiary/aromatic N) is 4. The van der Waals surface area contributed by atoms with Crippen molar-refractivity contribution in [2.75, 3.05) is 13.1 Å². The lowest BCUT2D eigenvalue weighted by atomic mass is 9.98. The minimum Gasteiger partial charge on any atom is -0.465 e. The molecule has 28 heavy (non-hydrogen) atoms. The molecule has 0 radical (unpaired) electrons. The molecule has 1 aliphatic heterocycles. The molecule has 0 bridgehead atoms. The maximum atomic E-state index is 11.4. The molecule has 3 aromatic heterocycles. The van der Waals surface area contributed by atoms with Crippen LogP contribution >= 0.6 is 0 Å². The summed E-state index contributed by atoms with van der Waals surface area (Å²) < 4.78 is 2.12. The third-order valence-electron chi connectivity index (χ3n) is 5.21. The number of primary amides is 1. The van der Waals surface area contributed by atoms with E-state index in [9.17, 15) is 14.7 Å². The molecule has 2 amide bonds. The first-order valence-electron chi connectivity index (χ1n) is 9.20. The number of carboxylic acid groups (broad SMARTS) is 1. The minimum atomic E-state index is -0.848. The largest absolute Gasteiger partial charge is 0.465 e. The van der Waals surface area contributed by atoms with Crippen LogP contribution in [0.5, 0.6) is 0 Å². The van der Waals surface area contributed by atoms with E-state index >= 15 is 0 Å². The van der Waals surface area contributed by atoms with Gasteiger partial charge in [-0.2, -0.15) is 0 Å². The Bertz CT molecular complexity index is 1050. The minimum absolute atomic E-state index is 0.286. The number of hydrogen-bond donors (Lipinski definition) is 2. The molecule has 8 nitrogen and oxygen atoms in total. The lowest BCUT2D eigenvalue weighted by Crippen LogP contribution is -2.40. The van der Waals surface area contributed by atoms with Gasteiger partial charge in [0.05, 0.1) is 23.1 Å². The van der Waals surface area contributed by atoms with Crippen LogP contribution in [0.25, 0.3) is 22.3 Å². The van der Waals surface area contributed by atoms with Crippen molar-refractivity contribution in [1.29, 1.82) is 0 Å². The predicted octanol–water partition coefficient (Wildman–Crippen LogP) is 2.59. The van der Waals surface area contributed by atoms with Crippen LogP contribution in [-0.4, -0.2) is 49.6 Å². The number of carbonyl (C=O) groups is 2. The zero-order chi connectivity index (χ0) is 19.7. The summed E-state index contributed by atoms with van der Waals surface area (Å²) >= 11 is 0. The normalized spacial score (nSPS) is 17.0. The lowest BCUT2D eigenvalue weighted by Gasteiger charge is -2.31. The van der Waals surface area contributed by atoms with Crippen LogP contribution < -0.4 is 5.73 Å². The predicted molar refractivity (Wildman–Crippen MR) is 104 cm³/mol. The quantitative estimate of drug-likeness (QED) is 0.723. The molecule has 1 unspecified atom stereocenters. The number of carbonyl (C=O) groups excluding carboxylic acids is 1. The van der Waals surface area contributed by atoms with Gasteiger partial charge in [0.1, 0.15) is 0 Å². The van der Waals surface area contributed by atoms with Gasteiger partial charge in [-0.05, 0) is 43.0 Å². The van der Waals surface area contributed by atoms with Crippen LogP contribution in [0.1, 0.15) is 23.2 Å². The highest BCUT2D eigenvalue weighted by atomic mass is 16.4. The molecule has 0 spiro atoms. The fraction of sp³-hybridized carbons (Fsp3) is 0.300. The molecule has 1 fully saturated rings. The van der Waals surface area contributed by atoms with Crippen molar-refractivity contribution in [2.24, 2.45) is 11.7 Å². The summed E-state index contributed by atoms with van der Waals surface area (Å²) in [7, 11) is 0. The number of amides is 2. The van der Waals surface area contributed by atoms with Crippen LogP contribution in [0.15, 0.2) is 42.9 Å². The molecule has 4 heterocycles. The van der Waals surface area contributed by atoms with E-state index in [-0.39, 0.29) is 5.92 Å². The van der Waals surface area contributed by atoms with Gasteiger partial charge in [-0.1, -0.05) is 0 Å². The Kier molecular flexibility index (Phi) is 4.68. The van der Waals surface area contributed by atoms with Gasteiger partial charge in [0.15, 0.2) is 0 Å². The van der Waals surface area contributed by atoms with Gasteiger partial charge in [0.2, 0.25) is 5.91 Å². The van der Waals surface area contributed by atoms with Crippen molar-refractivity contribution in [2.45, 2.75) is 19.4 Å². The Labute approximate surface area is 161 Å². The number of aromatic nitrogens is 3. The third kappa shape index (κ3) is 3.53. The van der Waals surface area contributed by atoms with Crippen molar-refractivity contribution in [3.63, 3.8) is 0 Å². The second kappa shape index (κ2) is 7.30. The zero-order valence-electron chi connectivity index (χ0n) is 15.3. The molecule has 3 N–H and O–H groups in total. The van der Waals surface area contributed by atoms with Crippen LogP contribution in [0.4, 0.5) is 4.79 Å². The van der Waals surface area contributed by atoms with Crippen LogP contribution in [0, 0.1) is 5.92 Å². The van der Waals surface area contributed by atoms with Gasteiger partial charge in [-0.3, -0.25) is 14.8 Å². The Morgan fingerprint density at radius 3 is 2.82 bits per heavy atom. The number of piperidine rings is 1. The molecule has 144 valence electrons. The van der Waals surface area contributed by atoms with E-state index in [4.69, 9.17) is 5.73 Å². The van der Waals surface area contributed by atoms with Gasteiger partial charge >= 0.3 is 6.09 Å². The first-order chi connectivity index (χ1) is 13.5. The average Bonchev–Trinajstić information content (AvgIpc) is 3.10. The summed E-state index contributed by atoms with van der Waals surface area (Å²) in [5.41, 5.74) is 7.99. The van der Waals surface area contributed by atoms with E-state index < -0.39 is 12.0 Å². The van der Waals surface area contributed by atoms with Crippen molar-refractivity contribution < 1.29 is 14.7 Å². The highest BCUT2D eigenvalue weighted by Gasteiger charge is 2.23. The number of hydrogen-bond acceptors (Lipinski definition) is 4. The molecule has 0 aliphatic carbocycles. The Balaban J connectivity index is 1.57. The monoisotopic (exact) mass is 379 g/mol. The summed E-state index contributed by atoms with van der Waals surface area (Å²) in [5, 5.41) is 10.2. The highest BCUT2D eigenvalue weighted by molar-refractivity contribution is 5.93. The number of likely N-dealkylation sites (tertiary alicyclic amines) is 1. The fourth-order valence-electron chi connectivity index (χ4n) is 3.78. The number of nitrogens with two attached hydrogens (primary N) is 1. The highest BCUT2D eigenvalue weighted by Crippen LogP contribution is 2.25. The van der Waals surface area contributed by atoms with Crippen molar-refractivity contribution in [3.8, 4) is 11.4 Å². The molecule has 0 saturated carbocycles. The summed E-state index contributed by atoms with van der Waals surface area (Å²) in [6.07, 6.45) is 6.40. The van der Waals surface area contributed by atoms with E-state index in [0.717, 1.165) is 30.3 Å². The average molecular weight is 379 g/mol. The SMILES string of the molecule is NC(=O)c1ccnc(-c2cc3ccn(CC4CCCN(C(=O)O)C4)c3cn2)c1. The van der Waals surface area contributed by atoms with Gasteiger partial charge < -0.3 is 20.3 Å². The maximum absolute atomic E-state index is 11.4. The van der Waals surface area contributed by atoms with E-state index in [1.54, 1.807) is 24.5 Å². The van der Waals surface area contributed by atoms with Gasteiger partial charge in [-0.25, -0.2) is 4.79 Å². The molecular weight excluding hydrogens is 358 g/mol. The van der Waals surface area contributed by atoms with E-state index in [0.29, 0.717) is 30.0 Å². The van der Waals surface area contributed by atoms with E-state index in [1.165, 1.54) is 4.90 Å². The molecule has 4 rings (SSSR count). The Morgan fingerprint density at radius 1 is 1.21 bits per heavy atom. The molecule has 8 heteroatoms. The van der Waals surface area contributed by atoms with Gasteiger partial charge in [0, 0.05) is 43.0 Å². The summed E-state index contributed by atoms with van der Waals surface area (Å²) in [6.45, 7) is 1.93. The first-order valence-corrected chi connectivity index (χ1v) is 9.20. The van der Waals surface area contributed by atoms with Crippen molar-refractivity contribution in [1.82, 2.24) is 19.4 Å². The van der Waals surface area contributed by atoms with E-state index in [1.807, 2.05) is 18.3 Å². The number of rotatable bonds is 4. The van der Waals surface area contributed by atoms with Crippen molar-refractivity contribution in [3.05, 3.63) is 48.4 Å². The summed E-state index contributed by atoms with van der Waals surface area (Å²) in [6, 6.07) is 7.15. The summed E-state index contributed by atoms with van der Waals surface area (Å²) in [4.78, 5) is 32.9. The fourth-order valence-corrected chi connectivity index (χ4v) is 3.78. The zero-order valence-corrected chi connectivity index (χ0v) is 15.3. The standard InChI is InChI=1S/C20H21N5O3/c21-19(26)15-3-5-22-16(9-15)17-8-14-4-7-24(18(14)10-23-17)11-13-2-1-6-25(12-13)20(27)28/h3-5,7-10,13H,1-2,6,11-12H2,(H2,21,26)(H,27,28). The number of pyridine rings is 2. The van der Waals surface area contributed by atoms with E-state index in [2.05, 4.69) is 14.5 Å². The van der Waals surface area contributed by atoms with Crippen LogP contribution in [-0.2, 0) is 6.54 Å². The van der Waals surface area contributed by atoms with Gasteiger partial charge in [0.25, 0.3) is 0 Å². The van der Waals surface area contributed by atoms with Crippen LogP contribution in [0.3, 0.4) is 0 Å². The Morgan fingerprint density at radius 2 is 2.04 bits per heavy atom. The molecule has 1 aliphatic rings. The first kappa shape index (κ1) is 18.0. The second-order valence-electron chi connectivity index (χ2n) is 7.13. The van der Waals surface area contributed by atoms with Gasteiger partial charge in [-0.15, -0.1) is 0 Å². The van der Waals surface area contributed by atoms with Crippen molar-refractivity contribution >= 4 is 22.9 Å². The molecule has 1 saturated heterocycles. The lowest BCUT2D eigenvalue weighted by molar-refractivity contribution is 0.1000. The topological polar surface area (TPSA) is 114 Å². The molecule has 1 atom stereocenters. The molecule has 0 aromatic carbocycles. The Hall–Kier alpha value is -3.42.